The Hall–Kier alpha value is -2.90. The van der Waals surface area contributed by atoms with Crippen LogP contribution >= 0.6 is 0 Å². The van der Waals surface area contributed by atoms with Crippen molar-refractivity contribution >= 4 is 29.4 Å². The fourth-order valence-corrected chi connectivity index (χ4v) is 2.21. The lowest BCUT2D eigenvalue weighted by atomic mass is 10.3. The van der Waals surface area contributed by atoms with Gasteiger partial charge in [0.2, 0.25) is 5.95 Å². The lowest BCUT2D eigenvalue weighted by Crippen LogP contribution is -2.39. The summed E-state index contributed by atoms with van der Waals surface area (Å²) < 4.78 is 15.7. The first-order valence-corrected chi connectivity index (χ1v) is 8.53. The number of carbonyl (C=O) groups is 2. The van der Waals surface area contributed by atoms with E-state index in [1.54, 1.807) is 4.90 Å². The fraction of sp³-hybridized carbons (Fsp3) is 0.600. The molecule has 0 radical (unpaired) electrons. The Morgan fingerprint density at radius 1 is 1.21 bits per heavy atom. The average Bonchev–Trinajstić information content (AvgIpc) is 3.02. The molecule has 2 heterocycles. The molecule has 0 amide bonds. The van der Waals surface area contributed by atoms with Gasteiger partial charge in [-0.25, -0.2) is 0 Å². The molecule has 1 aromatic rings. The number of rotatable bonds is 9. The maximum Gasteiger partial charge on any atom is 0.323 e. The summed E-state index contributed by atoms with van der Waals surface area (Å²) >= 11 is 0. The second kappa shape index (κ2) is 9.34. The van der Waals surface area contributed by atoms with E-state index < -0.39 is 35.7 Å². The first kappa shape index (κ1) is 21.4. The summed E-state index contributed by atoms with van der Waals surface area (Å²) in [6.45, 7) is 2.91. The fourth-order valence-electron chi connectivity index (χ4n) is 2.21. The van der Waals surface area contributed by atoms with Crippen LogP contribution in [0.5, 0.6) is 0 Å². The smallest absolute Gasteiger partial charge is 0.323 e. The van der Waals surface area contributed by atoms with Crippen LogP contribution in [0, 0.1) is 0 Å². The third kappa shape index (κ3) is 5.55. The van der Waals surface area contributed by atoms with Gasteiger partial charge >= 0.3 is 11.9 Å². The molecule has 1 aliphatic rings. The molecular formula is C15H25N7O6. The Balaban J connectivity index is 1.93. The van der Waals surface area contributed by atoms with Crippen molar-refractivity contribution in [2.45, 2.75) is 32.0 Å². The number of esters is 2. The summed E-state index contributed by atoms with van der Waals surface area (Å²) in [6.07, 6.45) is -0.881. The number of fused-ring (bicyclic) bond motifs is 1. The van der Waals surface area contributed by atoms with Gasteiger partial charge in [-0.3, -0.25) is 19.4 Å². The van der Waals surface area contributed by atoms with E-state index in [2.05, 4.69) is 15.3 Å². The molecule has 28 heavy (non-hydrogen) atoms. The van der Waals surface area contributed by atoms with Gasteiger partial charge in [0.25, 0.3) is 5.56 Å². The van der Waals surface area contributed by atoms with Crippen molar-refractivity contribution in [3.8, 4) is 0 Å². The summed E-state index contributed by atoms with van der Waals surface area (Å²) in [6, 6.07) is -1.66. The van der Waals surface area contributed by atoms with E-state index in [9.17, 15) is 14.4 Å². The van der Waals surface area contributed by atoms with Crippen molar-refractivity contribution in [1.82, 2.24) is 9.97 Å². The molecule has 3 atom stereocenters. The number of nitrogens with one attached hydrogen (secondary N) is 2. The van der Waals surface area contributed by atoms with Gasteiger partial charge in [0, 0.05) is 0 Å². The van der Waals surface area contributed by atoms with Gasteiger partial charge in [-0.2, -0.15) is 4.98 Å². The second-order valence-corrected chi connectivity index (χ2v) is 6.29. The molecule has 0 spiro atoms. The van der Waals surface area contributed by atoms with Gasteiger partial charge < -0.3 is 41.6 Å². The first-order valence-electron chi connectivity index (χ1n) is 8.53. The standard InChI is InChI=1S/C15H25N7O6/c1-7(16)13(24)27-4-9(28-14(25)8(2)17)3-26-6-22-5-19-10-11(22)20-15(18)21-12(10)23/h7-9,19H,3-6,16-17H2,1-2H3,(H3,18,20,21,23). The minimum absolute atomic E-state index is 0.0172. The highest BCUT2D eigenvalue weighted by atomic mass is 16.6. The monoisotopic (exact) mass is 399 g/mol. The molecule has 13 nitrogen and oxygen atoms in total. The van der Waals surface area contributed by atoms with Gasteiger partial charge in [-0.1, -0.05) is 0 Å². The zero-order valence-corrected chi connectivity index (χ0v) is 15.6. The van der Waals surface area contributed by atoms with Crippen LogP contribution in [0.3, 0.4) is 0 Å². The van der Waals surface area contributed by atoms with Crippen LogP contribution in [0.15, 0.2) is 4.79 Å². The number of carbonyl (C=O) groups excluding carboxylic acids is 2. The van der Waals surface area contributed by atoms with Gasteiger partial charge in [0.05, 0.1) is 13.3 Å². The molecule has 0 aromatic carbocycles. The molecule has 1 aromatic heterocycles. The van der Waals surface area contributed by atoms with E-state index in [4.69, 9.17) is 31.4 Å². The van der Waals surface area contributed by atoms with E-state index in [1.807, 2.05) is 0 Å². The number of hydrogen-bond acceptors (Lipinski definition) is 12. The third-order valence-electron chi connectivity index (χ3n) is 3.65. The lowest BCUT2D eigenvalue weighted by molar-refractivity contribution is -0.163. The number of nitrogen functional groups attached to an aromatic ring is 1. The highest BCUT2D eigenvalue weighted by Crippen LogP contribution is 2.25. The predicted molar refractivity (Wildman–Crippen MR) is 99.2 cm³/mol. The van der Waals surface area contributed by atoms with Gasteiger partial charge in [-0.15, -0.1) is 0 Å². The highest BCUT2D eigenvalue weighted by Gasteiger charge is 2.25. The molecule has 8 N–H and O–H groups in total. The van der Waals surface area contributed by atoms with Gasteiger partial charge in [0.15, 0.2) is 11.9 Å². The van der Waals surface area contributed by atoms with Crippen LogP contribution in [-0.2, 0) is 23.8 Å². The average molecular weight is 399 g/mol. The van der Waals surface area contributed by atoms with Crippen LogP contribution in [0.4, 0.5) is 17.5 Å². The van der Waals surface area contributed by atoms with Crippen molar-refractivity contribution < 1.29 is 23.8 Å². The van der Waals surface area contributed by atoms with Crippen LogP contribution < -0.4 is 33.0 Å². The molecule has 0 saturated heterocycles. The SMILES string of the molecule is CC(N)C(=O)OCC(COCN1CNc2c1nc(N)[nH]c2=O)OC(=O)C(C)N. The Morgan fingerprint density at radius 2 is 1.89 bits per heavy atom. The minimum atomic E-state index is -0.881. The predicted octanol–water partition coefficient (Wildman–Crippen LogP) is -2.33. The highest BCUT2D eigenvalue weighted by molar-refractivity contribution is 5.76. The number of nitrogens with two attached hydrogens (primary N) is 3. The maximum atomic E-state index is 11.8. The minimum Gasteiger partial charge on any atom is -0.460 e. The molecule has 2 rings (SSSR count). The Morgan fingerprint density at radius 3 is 2.54 bits per heavy atom. The van der Waals surface area contributed by atoms with Crippen LogP contribution in [0.1, 0.15) is 13.8 Å². The summed E-state index contributed by atoms with van der Waals surface area (Å²) in [7, 11) is 0. The number of aromatic nitrogens is 2. The number of H-pyrrole nitrogens is 1. The number of ether oxygens (including phenoxy) is 3. The molecule has 0 aliphatic carbocycles. The quantitative estimate of drug-likeness (QED) is 0.277. The lowest BCUT2D eigenvalue weighted by Gasteiger charge is -2.22. The molecule has 13 heteroatoms. The van der Waals surface area contributed by atoms with E-state index in [0.29, 0.717) is 5.82 Å². The Kier molecular flexibility index (Phi) is 7.14. The topological polar surface area (TPSA) is 201 Å². The number of hydrogen-bond donors (Lipinski definition) is 5. The Bertz CT molecular complexity index is 766. The van der Waals surface area contributed by atoms with E-state index in [0.717, 1.165) is 0 Å². The van der Waals surface area contributed by atoms with Gasteiger partial charge in [0.1, 0.15) is 31.1 Å². The molecule has 0 saturated carbocycles. The van der Waals surface area contributed by atoms with Crippen LogP contribution in [-0.4, -0.2) is 66.7 Å². The zero-order chi connectivity index (χ0) is 20.8. The van der Waals surface area contributed by atoms with E-state index in [-0.39, 0.29) is 38.2 Å². The van der Waals surface area contributed by atoms with Crippen molar-refractivity contribution in [2.24, 2.45) is 11.5 Å². The number of nitrogens with zero attached hydrogens (tertiary/aromatic N) is 2. The molecular weight excluding hydrogens is 374 g/mol. The van der Waals surface area contributed by atoms with Crippen molar-refractivity contribution in [3.05, 3.63) is 10.4 Å². The van der Waals surface area contributed by atoms with Gasteiger partial charge in [-0.05, 0) is 13.8 Å². The van der Waals surface area contributed by atoms with Crippen molar-refractivity contribution in [1.29, 1.82) is 0 Å². The van der Waals surface area contributed by atoms with Crippen molar-refractivity contribution in [3.63, 3.8) is 0 Å². The summed E-state index contributed by atoms with van der Waals surface area (Å²) in [5.74, 6) is -0.990. The molecule has 1 aliphatic heterocycles. The summed E-state index contributed by atoms with van der Waals surface area (Å²) in [5.41, 5.74) is 16.4. The molecule has 0 fully saturated rings. The molecule has 3 unspecified atom stereocenters. The largest absolute Gasteiger partial charge is 0.460 e. The number of aromatic amines is 1. The summed E-state index contributed by atoms with van der Waals surface area (Å²) in [5, 5.41) is 2.88. The Labute approximate surface area is 160 Å². The number of anilines is 3. The molecule has 0 bridgehead atoms. The summed E-state index contributed by atoms with van der Waals surface area (Å²) in [4.78, 5) is 43.2. The normalized spacial score (nSPS) is 15.9. The zero-order valence-electron chi connectivity index (χ0n) is 15.6. The third-order valence-corrected chi connectivity index (χ3v) is 3.65. The van der Waals surface area contributed by atoms with E-state index in [1.165, 1.54) is 13.8 Å². The van der Waals surface area contributed by atoms with Crippen LogP contribution in [0.25, 0.3) is 0 Å². The first-order chi connectivity index (χ1) is 13.2. The maximum absolute atomic E-state index is 11.8. The van der Waals surface area contributed by atoms with E-state index >= 15 is 0 Å². The van der Waals surface area contributed by atoms with Crippen molar-refractivity contribution in [2.75, 3.05) is 42.6 Å². The molecule has 156 valence electrons. The second-order valence-electron chi connectivity index (χ2n) is 6.29. The van der Waals surface area contributed by atoms with Crippen LogP contribution in [0.2, 0.25) is 0 Å².